The maximum Gasteiger partial charge on any atom is 0.256 e. The lowest BCUT2D eigenvalue weighted by Gasteiger charge is -2.15. The van der Waals surface area contributed by atoms with E-state index in [1.807, 2.05) is 18.2 Å². The van der Waals surface area contributed by atoms with Gasteiger partial charge < -0.3 is 20.1 Å². The molecule has 1 amide bonds. The lowest BCUT2D eigenvalue weighted by molar-refractivity contribution is 0.0572. The van der Waals surface area contributed by atoms with Crippen LogP contribution in [0.5, 0.6) is 0 Å². The van der Waals surface area contributed by atoms with E-state index in [9.17, 15) is 15.0 Å². The van der Waals surface area contributed by atoms with Crippen LogP contribution in [-0.2, 0) is 0 Å². The van der Waals surface area contributed by atoms with Crippen LogP contribution >= 0.6 is 0 Å². The van der Waals surface area contributed by atoms with Crippen molar-refractivity contribution in [1.29, 1.82) is 0 Å². The van der Waals surface area contributed by atoms with Crippen molar-refractivity contribution < 1.29 is 15.0 Å². The summed E-state index contributed by atoms with van der Waals surface area (Å²) in [5, 5.41) is 19.9. The van der Waals surface area contributed by atoms with Crippen molar-refractivity contribution in [3.05, 3.63) is 36.0 Å². The Morgan fingerprint density at radius 2 is 1.94 bits per heavy atom. The maximum absolute atomic E-state index is 12.3. The van der Waals surface area contributed by atoms with Crippen LogP contribution in [0.1, 0.15) is 10.4 Å². The summed E-state index contributed by atoms with van der Waals surface area (Å²) >= 11 is 0. The molecule has 2 heterocycles. The number of para-hydroxylation sites is 1. The largest absolute Gasteiger partial charge is 0.388 e. The van der Waals surface area contributed by atoms with Crippen LogP contribution in [0, 0.1) is 0 Å². The highest BCUT2D eigenvalue weighted by Gasteiger charge is 2.33. The van der Waals surface area contributed by atoms with Gasteiger partial charge in [0.2, 0.25) is 0 Å². The first kappa shape index (κ1) is 11.3. The minimum Gasteiger partial charge on any atom is -0.388 e. The molecule has 5 nitrogen and oxygen atoms in total. The molecule has 18 heavy (non-hydrogen) atoms. The van der Waals surface area contributed by atoms with E-state index in [1.54, 1.807) is 12.3 Å². The molecule has 2 unspecified atom stereocenters. The van der Waals surface area contributed by atoms with E-state index in [0.717, 1.165) is 10.9 Å². The number of carbonyl (C=O) groups is 1. The average Bonchev–Trinajstić information content (AvgIpc) is 2.95. The highest BCUT2D eigenvalue weighted by Crippen LogP contribution is 2.21. The Morgan fingerprint density at radius 1 is 1.22 bits per heavy atom. The van der Waals surface area contributed by atoms with Crippen molar-refractivity contribution in [1.82, 2.24) is 9.88 Å². The van der Waals surface area contributed by atoms with Gasteiger partial charge in [-0.2, -0.15) is 0 Å². The Bertz CT molecular complexity index is 583. The number of benzene rings is 1. The van der Waals surface area contributed by atoms with Gasteiger partial charge in [-0.1, -0.05) is 12.1 Å². The summed E-state index contributed by atoms with van der Waals surface area (Å²) < 4.78 is 0. The van der Waals surface area contributed by atoms with Gasteiger partial charge in [-0.3, -0.25) is 4.79 Å². The number of aliphatic hydroxyl groups is 2. The highest BCUT2D eigenvalue weighted by atomic mass is 16.3. The molecule has 0 bridgehead atoms. The monoisotopic (exact) mass is 246 g/mol. The molecule has 0 radical (unpaired) electrons. The van der Waals surface area contributed by atoms with Crippen LogP contribution in [0.3, 0.4) is 0 Å². The molecular weight excluding hydrogens is 232 g/mol. The lowest BCUT2D eigenvalue weighted by Crippen LogP contribution is -2.30. The van der Waals surface area contributed by atoms with E-state index in [-0.39, 0.29) is 19.0 Å². The molecule has 1 aromatic carbocycles. The van der Waals surface area contributed by atoms with Crippen LogP contribution < -0.4 is 0 Å². The summed E-state index contributed by atoms with van der Waals surface area (Å²) in [6.45, 7) is 0.355. The van der Waals surface area contributed by atoms with E-state index in [4.69, 9.17) is 0 Å². The van der Waals surface area contributed by atoms with Gasteiger partial charge >= 0.3 is 0 Å². The minimum absolute atomic E-state index is 0.168. The number of nitrogens with zero attached hydrogens (tertiary/aromatic N) is 1. The number of aliphatic hydroxyl groups excluding tert-OH is 2. The number of nitrogens with one attached hydrogen (secondary N) is 1. The summed E-state index contributed by atoms with van der Waals surface area (Å²) in [7, 11) is 0. The van der Waals surface area contributed by atoms with Crippen molar-refractivity contribution in [2.45, 2.75) is 12.2 Å². The number of aromatic amines is 1. The average molecular weight is 246 g/mol. The molecular formula is C13H14N2O3. The second kappa shape index (κ2) is 4.12. The molecule has 1 aliphatic rings. The number of fused-ring (bicyclic) bond motifs is 1. The summed E-state index contributed by atoms with van der Waals surface area (Å²) in [6, 6.07) is 7.40. The predicted octanol–water partition coefficient (Wildman–Crippen LogP) is 0.346. The number of aromatic nitrogens is 1. The minimum atomic E-state index is -0.850. The number of H-pyrrole nitrogens is 1. The first-order valence-electron chi connectivity index (χ1n) is 5.88. The standard InChI is InChI=1S/C13H14N2O3/c16-10-6-15(7-11(10)17)13(18)9-3-1-2-8-4-5-14-12(8)9/h1-5,10-11,14,16-17H,6-7H2. The highest BCUT2D eigenvalue weighted by molar-refractivity contribution is 6.05. The van der Waals surface area contributed by atoms with Crippen LogP contribution in [-0.4, -0.2) is 51.3 Å². The van der Waals surface area contributed by atoms with Crippen molar-refractivity contribution >= 4 is 16.8 Å². The Hall–Kier alpha value is -1.85. The number of hydrogen-bond donors (Lipinski definition) is 3. The van der Waals surface area contributed by atoms with Crippen LogP contribution in [0.2, 0.25) is 0 Å². The molecule has 0 aliphatic carbocycles. The fourth-order valence-electron chi connectivity index (χ4n) is 2.37. The second-order valence-electron chi connectivity index (χ2n) is 4.59. The topological polar surface area (TPSA) is 76.6 Å². The van der Waals surface area contributed by atoms with Crippen molar-refractivity contribution in [2.75, 3.05) is 13.1 Å². The van der Waals surface area contributed by atoms with E-state index >= 15 is 0 Å². The normalized spacial score (nSPS) is 23.8. The zero-order chi connectivity index (χ0) is 12.7. The Labute approximate surface area is 104 Å². The Morgan fingerprint density at radius 3 is 2.67 bits per heavy atom. The molecule has 3 N–H and O–H groups in total. The van der Waals surface area contributed by atoms with E-state index < -0.39 is 12.2 Å². The third-order valence-electron chi connectivity index (χ3n) is 3.36. The van der Waals surface area contributed by atoms with Crippen LogP contribution in [0.15, 0.2) is 30.5 Å². The van der Waals surface area contributed by atoms with Gasteiger partial charge in [-0.15, -0.1) is 0 Å². The molecule has 0 saturated carbocycles. The van der Waals surface area contributed by atoms with Crippen LogP contribution in [0.25, 0.3) is 10.9 Å². The van der Waals surface area contributed by atoms with Gasteiger partial charge in [-0.05, 0) is 12.1 Å². The Kier molecular flexibility index (Phi) is 2.57. The third-order valence-corrected chi connectivity index (χ3v) is 3.36. The molecule has 2 atom stereocenters. The number of hydrogen-bond acceptors (Lipinski definition) is 3. The second-order valence-corrected chi connectivity index (χ2v) is 4.59. The quantitative estimate of drug-likeness (QED) is 0.679. The van der Waals surface area contributed by atoms with E-state index in [1.165, 1.54) is 4.90 Å². The van der Waals surface area contributed by atoms with Crippen LogP contribution in [0.4, 0.5) is 0 Å². The molecule has 1 fully saturated rings. The van der Waals surface area contributed by atoms with Crippen molar-refractivity contribution in [3.63, 3.8) is 0 Å². The predicted molar refractivity (Wildman–Crippen MR) is 66.2 cm³/mol. The molecule has 1 saturated heterocycles. The molecule has 5 heteroatoms. The van der Waals surface area contributed by atoms with Gasteiger partial charge in [-0.25, -0.2) is 0 Å². The fraction of sp³-hybridized carbons (Fsp3) is 0.308. The summed E-state index contributed by atoms with van der Waals surface area (Å²) in [5.41, 5.74) is 1.36. The van der Waals surface area contributed by atoms with Crippen molar-refractivity contribution in [3.8, 4) is 0 Å². The zero-order valence-electron chi connectivity index (χ0n) is 9.71. The molecule has 2 aromatic rings. The first-order valence-corrected chi connectivity index (χ1v) is 5.88. The molecule has 94 valence electrons. The number of rotatable bonds is 1. The molecule has 1 aromatic heterocycles. The summed E-state index contributed by atoms with van der Waals surface area (Å²) in [4.78, 5) is 16.9. The first-order chi connectivity index (χ1) is 8.66. The molecule has 0 spiro atoms. The summed E-state index contributed by atoms with van der Waals surface area (Å²) in [5.74, 6) is -0.168. The summed E-state index contributed by atoms with van der Waals surface area (Å²) in [6.07, 6.45) is 0.0864. The number of carbonyl (C=O) groups excluding carboxylic acids is 1. The van der Waals surface area contributed by atoms with E-state index in [2.05, 4.69) is 4.98 Å². The van der Waals surface area contributed by atoms with Gasteiger partial charge in [0.15, 0.2) is 0 Å². The smallest absolute Gasteiger partial charge is 0.256 e. The molecule has 1 aliphatic heterocycles. The number of β-amino-alcohol motifs (C(OH)–C–C–N with tert-alkyl or cyclic N) is 2. The fourth-order valence-corrected chi connectivity index (χ4v) is 2.37. The number of amides is 1. The maximum atomic E-state index is 12.3. The SMILES string of the molecule is O=C(c1cccc2cc[nH]c12)N1CC(O)C(O)C1. The van der Waals surface area contributed by atoms with E-state index in [0.29, 0.717) is 5.56 Å². The van der Waals surface area contributed by atoms with Gasteiger partial charge in [0.25, 0.3) is 5.91 Å². The van der Waals surface area contributed by atoms with Gasteiger partial charge in [0.1, 0.15) is 0 Å². The van der Waals surface area contributed by atoms with Gasteiger partial charge in [0, 0.05) is 24.7 Å². The number of likely N-dealkylation sites (tertiary alicyclic amines) is 1. The van der Waals surface area contributed by atoms with Gasteiger partial charge in [0.05, 0.1) is 23.3 Å². The lowest BCUT2D eigenvalue weighted by atomic mass is 10.1. The Balaban J connectivity index is 1.95. The van der Waals surface area contributed by atoms with Crippen molar-refractivity contribution in [2.24, 2.45) is 0 Å². The molecule has 3 rings (SSSR count). The zero-order valence-corrected chi connectivity index (χ0v) is 9.71. The third kappa shape index (κ3) is 1.68.